The predicted molar refractivity (Wildman–Crippen MR) is 92.9 cm³/mol. The summed E-state index contributed by atoms with van der Waals surface area (Å²) in [4.78, 5) is 35.1. The fourth-order valence-corrected chi connectivity index (χ4v) is 2.53. The summed E-state index contributed by atoms with van der Waals surface area (Å²) in [5.41, 5.74) is 3.63. The van der Waals surface area contributed by atoms with Crippen molar-refractivity contribution in [2.24, 2.45) is 0 Å². The van der Waals surface area contributed by atoms with Crippen molar-refractivity contribution in [3.63, 3.8) is 0 Å². The van der Waals surface area contributed by atoms with E-state index < -0.39 is 16.7 Å². The fraction of sp³-hybridized carbons (Fsp3) is 0.0588. The molecule has 0 aromatic heterocycles. The van der Waals surface area contributed by atoms with Gasteiger partial charge in [0.25, 0.3) is 17.5 Å². The Morgan fingerprint density at radius 2 is 1.84 bits per heavy atom. The van der Waals surface area contributed by atoms with E-state index in [4.69, 9.17) is 11.6 Å². The highest BCUT2D eigenvalue weighted by Crippen LogP contribution is 2.25. The third-order valence-corrected chi connectivity index (χ3v) is 3.97. The lowest BCUT2D eigenvalue weighted by atomic mass is 10.1. The monoisotopic (exact) mass is 357 g/mol. The Hall–Kier alpha value is -3.19. The van der Waals surface area contributed by atoms with Crippen molar-refractivity contribution in [2.75, 3.05) is 5.01 Å². The SMILES string of the molecule is Cc1ccc(/C=C2\C(=O)NN(c3ccc(Cl)cc3)C2=O)cc1[N+](=O)[O-]. The van der Waals surface area contributed by atoms with Crippen molar-refractivity contribution < 1.29 is 14.5 Å². The van der Waals surface area contributed by atoms with Gasteiger partial charge in [-0.1, -0.05) is 23.7 Å². The highest BCUT2D eigenvalue weighted by atomic mass is 35.5. The summed E-state index contributed by atoms with van der Waals surface area (Å²) >= 11 is 5.82. The second kappa shape index (κ2) is 6.37. The zero-order valence-electron chi connectivity index (χ0n) is 13.0. The number of hydrazine groups is 1. The summed E-state index contributed by atoms with van der Waals surface area (Å²) < 4.78 is 0. The third kappa shape index (κ3) is 3.22. The molecule has 2 aromatic rings. The number of benzene rings is 2. The molecule has 1 saturated heterocycles. The molecule has 25 heavy (non-hydrogen) atoms. The summed E-state index contributed by atoms with van der Waals surface area (Å²) in [7, 11) is 0. The average molecular weight is 358 g/mol. The lowest BCUT2D eigenvalue weighted by Crippen LogP contribution is -2.35. The van der Waals surface area contributed by atoms with Crippen molar-refractivity contribution in [3.8, 4) is 0 Å². The van der Waals surface area contributed by atoms with Crippen LogP contribution >= 0.6 is 11.6 Å². The van der Waals surface area contributed by atoms with Gasteiger partial charge < -0.3 is 0 Å². The van der Waals surface area contributed by atoms with Crippen molar-refractivity contribution in [1.29, 1.82) is 0 Å². The molecule has 0 unspecified atom stereocenters. The number of anilines is 1. The van der Waals surface area contributed by atoms with Gasteiger partial charge in [0.1, 0.15) is 5.57 Å². The normalized spacial score (nSPS) is 15.6. The lowest BCUT2D eigenvalue weighted by molar-refractivity contribution is -0.385. The molecule has 0 aliphatic carbocycles. The molecule has 2 aromatic carbocycles. The minimum absolute atomic E-state index is 0.0743. The van der Waals surface area contributed by atoms with Crippen LogP contribution in [-0.2, 0) is 9.59 Å². The quantitative estimate of drug-likeness (QED) is 0.395. The number of nitro benzene ring substituents is 1. The van der Waals surface area contributed by atoms with Gasteiger partial charge in [-0.15, -0.1) is 0 Å². The maximum absolute atomic E-state index is 12.5. The molecule has 1 N–H and O–H groups in total. The smallest absolute Gasteiger partial charge is 0.267 e. The van der Waals surface area contributed by atoms with E-state index in [1.54, 1.807) is 43.3 Å². The molecule has 0 atom stereocenters. The Morgan fingerprint density at radius 1 is 1.16 bits per heavy atom. The van der Waals surface area contributed by atoms with E-state index in [0.717, 1.165) is 5.01 Å². The van der Waals surface area contributed by atoms with Gasteiger partial charge in [0.2, 0.25) is 0 Å². The molecule has 0 saturated carbocycles. The fourth-order valence-electron chi connectivity index (χ4n) is 2.41. The first-order valence-corrected chi connectivity index (χ1v) is 7.62. The predicted octanol–water partition coefficient (Wildman–Crippen LogP) is 3.02. The van der Waals surface area contributed by atoms with Crippen LogP contribution in [0.15, 0.2) is 48.0 Å². The Morgan fingerprint density at radius 3 is 2.48 bits per heavy atom. The van der Waals surface area contributed by atoms with Crippen molar-refractivity contribution in [3.05, 3.63) is 74.3 Å². The number of rotatable bonds is 3. The number of carbonyl (C=O) groups excluding carboxylic acids is 2. The Balaban J connectivity index is 1.95. The number of carbonyl (C=O) groups is 2. The zero-order chi connectivity index (χ0) is 18.1. The maximum Gasteiger partial charge on any atom is 0.282 e. The topological polar surface area (TPSA) is 92.6 Å². The molecule has 1 aliphatic rings. The molecule has 7 nitrogen and oxygen atoms in total. The van der Waals surface area contributed by atoms with Crippen LogP contribution in [0.2, 0.25) is 5.02 Å². The van der Waals surface area contributed by atoms with Gasteiger partial charge in [-0.05, 0) is 42.8 Å². The van der Waals surface area contributed by atoms with Crippen LogP contribution in [0.3, 0.4) is 0 Å². The lowest BCUT2D eigenvalue weighted by Gasteiger charge is -2.14. The minimum atomic E-state index is -0.580. The highest BCUT2D eigenvalue weighted by molar-refractivity contribution is 6.32. The number of hydrogen-bond acceptors (Lipinski definition) is 4. The van der Waals surface area contributed by atoms with Crippen LogP contribution < -0.4 is 10.4 Å². The number of nitrogens with zero attached hydrogens (tertiary/aromatic N) is 2. The number of halogens is 1. The molecule has 0 spiro atoms. The van der Waals surface area contributed by atoms with Crippen molar-refractivity contribution in [1.82, 2.24) is 5.43 Å². The number of nitro groups is 1. The average Bonchev–Trinajstić information content (AvgIpc) is 2.85. The molecular weight excluding hydrogens is 346 g/mol. The molecule has 2 amide bonds. The summed E-state index contributed by atoms with van der Waals surface area (Å²) in [5.74, 6) is -1.13. The number of nitrogens with one attached hydrogen (secondary N) is 1. The largest absolute Gasteiger partial charge is 0.282 e. The van der Waals surface area contributed by atoms with E-state index in [0.29, 0.717) is 21.8 Å². The molecule has 8 heteroatoms. The van der Waals surface area contributed by atoms with Gasteiger partial charge in [0.15, 0.2) is 0 Å². The first-order chi connectivity index (χ1) is 11.9. The third-order valence-electron chi connectivity index (χ3n) is 3.72. The number of hydrogen-bond donors (Lipinski definition) is 1. The van der Waals surface area contributed by atoms with E-state index in [-0.39, 0.29) is 11.3 Å². The van der Waals surface area contributed by atoms with Gasteiger partial charge in [-0.3, -0.25) is 25.1 Å². The van der Waals surface area contributed by atoms with Crippen molar-refractivity contribution >= 4 is 40.9 Å². The van der Waals surface area contributed by atoms with Crippen LogP contribution in [0.25, 0.3) is 6.08 Å². The molecule has 1 aliphatic heterocycles. The van der Waals surface area contributed by atoms with Gasteiger partial charge in [0, 0.05) is 16.7 Å². The Kier molecular flexibility index (Phi) is 4.24. The van der Waals surface area contributed by atoms with E-state index in [9.17, 15) is 19.7 Å². The van der Waals surface area contributed by atoms with E-state index in [2.05, 4.69) is 5.43 Å². The standard InChI is InChI=1S/C17H12ClN3O4/c1-10-2-3-11(9-15(10)21(24)25)8-14-16(22)19-20(17(14)23)13-6-4-12(18)5-7-13/h2-9H,1H3,(H,19,22)/b14-8+. The number of amides is 2. The Labute approximate surface area is 147 Å². The van der Waals surface area contributed by atoms with E-state index in [1.807, 2.05) is 0 Å². The van der Waals surface area contributed by atoms with Crippen LogP contribution in [0.4, 0.5) is 11.4 Å². The maximum atomic E-state index is 12.5. The first-order valence-electron chi connectivity index (χ1n) is 7.24. The van der Waals surface area contributed by atoms with Crippen LogP contribution in [0.1, 0.15) is 11.1 Å². The molecule has 1 heterocycles. The van der Waals surface area contributed by atoms with Crippen LogP contribution in [0, 0.1) is 17.0 Å². The van der Waals surface area contributed by atoms with E-state index in [1.165, 1.54) is 12.1 Å². The zero-order valence-corrected chi connectivity index (χ0v) is 13.8. The van der Waals surface area contributed by atoms with Gasteiger partial charge >= 0.3 is 0 Å². The molecule has 3 rings (SSSR count). The molecule has 0 radical (unpaired) electrons. The van der Waals surface area contributed by atoms with Gasteiger partial charge in [-0.2, -0.15) is 0 Å². The number of aryl methyl sites for hydroxylation is 1. The van der Waals surface area contributed by atoms with E-state index >= 15 is 0 Å². The second-order valence-corrected chi connectivity index (χ2v) is 5.86. The molecule has 0 bridgehead atoms. The molecule has 1 fully saturated rings. The van der Waals surface area contributed by atoms with Crippen LogP contribution in [-0.4, -0.2) is 16.7 Å². The minimum Gasteiger partial charge on any atom is -0.267 e. The first kappa shape index (κ1) is 16.7. The summed E-state index contributed by atoms with van der Waals surface area (Å²) in [5, 5.41) is 12.6. The Bertz CT molecular complexity index is 922. The van der Waals surface area contributed by atoms with Gasteiger partial charge in [0.05, 0.1) is 10.6 Å². The summed E-state index contributed by atoms with van der Waals surface area (Å²) in [6.45, 7) is 1.62. The molecule has 126 valence electrons. The second-order valence-electron chi connectivity index (χ2n) is 5.42. The van der Waals surface area contributed by atoms with Gasteiger partial charge in [-0.25, -0.2) is 5.01 Å². The summed E-state index contributed by atoms with van der Waals surface area (Å²) in [6.07, 6.45) is 1.33. The summed E-state index contributed by atoms with van der Waals surface area (Å²) in [6, 6.07) is 10.9. The molecular formula is C17H12ClN3O4. The highest BCUT2D eigenvalue weighted by Gasteiger charge is 2.34. The van der Waals surface area contributed by atoms with Crippen LogP contribution in [0.5, 0.6) is 0 Å². The van der Waals surface area contributed by atoms with Crippen molar-refractivity contribution in [2.45, 2.75) is 6.92 Å².